The highest BCUT2D eigenvalue weighted by Gasteiger charge is 2.22. The molecule has 8 nitrogen and oxygen atoms in total. The summed E-state index contributed by atoms with van der Waals surface area (Å²) in [6, 6.07) is 8.29. The molecule has 0 aliphatic heterocycles. The Hall–Kier alpha value is -2.74. The van der Waals surface area contributed by atoms with E-state index < -0.39 is 42.0 Å². The summed E-state index contributed by atoms with van der Waals surface area (Å²) in [5.74, 6) is -3.17. The average Bonchev–Trinajstić information content (AvgIpc) is 2.65. The zero-order chi connectivity index (χ0) is 20.2. The van der Waals surface area contributed by atoms with Gasteiger partial charge in [0.25, 0.3) is 5.91 Å². The number of carbonyl (C=O) groups excluding carboxylic acids is 4. The Labute approximate surface area is 158 Å². The largest absolute Gasteiger partial charge is 0.374 e. The number of amides is 3. The molecule has 2 unspecified atom stereocenters. The van der Waals surface area contributed by atoms with Crippen LogP contribution < -0.4 is 16.4 Å². The first kappa shape index (κ1) is 22.3. The van der Waals surface area contributed by atoms with Crippen molar-refractivity contribution in [2.45, 2.75) is 39.3 Å². The van der Waals surface area contributed by atoms with E-state index in [1.165, 1.54) is 0 Å². The molecule has 3 amide bonds. The fourth-order valence-electron chi connectivity index (χ4n) is 2.34. The van der Waals surface area contributed by atoms with Gasteiger partial charge in [-0.15, -0.1) is 0 Å². The second kappa shape index (κ2) is 11.8. The van der Waals surface area contributed by atoms with Crippen LogP contribution in [0.1, 0.15) is 32.3 Å². The number of benzene rings is 1. The van der Waals surface area contributed by atoms with Gasteiger partial charge in [0.2, 0.25) is 17.6 Å². The van der Waals surface area contributed by atoms with E-state index in [4.69, 9.17) is 10.5 Å². The van der Waals surface area contributed by atoms with Crippen LogP contribution in [0, 0.1) is 5.92 Å². The van der Waals surface area contributed by atoms with E-state index in [2.05, 4.69) is 10.6 Å². The van der Waals surface area contributed by atoms with Gasteiger partial charge in [-0.2, -0.15) is 0 Å². The first-order chi connectivity index (χ1) is 12.8. The van der Waals surface area contributed by atoms with Gasteiger partial charge in [0.15, 0.2) is 0 Å². The van der Waals surface area contributed by atoms with Crippen LogP contribution in [0.3, 0.4) is 0 Å². The summed E-state index contributed by atoms with van der Waals surface area (Å²) in [5.41, 5.74) is 6.18. The Morgan fingerprint density at radius 1 is 1.15 bits per heavy atom. The van der Waals surface area contributed by atoms with Crippen molar-refractivity contribution in [3.63, 3.8) is 0 Å². The topological polar surface area (TPSA) is 128 Å². The average molecular weight is 377 g/mol. The van der Waals surface area contributed by atoms with Crippen molar-refractivity contribution in [3.05, 3.63) is 35.9 Å². The Bertz CT molecular complexity index is 648. The van der Waals surface area contributed by atoms with Gasteiger partial charge < -0.3 is 21.1 Å². The van der Waals surface area contributed by atoms with Crippen molar-refractivity contribution in [1.29, 1.82) is 0 Å². The van der Waals surface area contributed by atoms with E-state index in [-0.39, 0.29) is 13.2 Å². The molecule has 0 spiro atoms. The van der Waals surface area contributed by atoms with Crippen LogP contribution in [0.25, 0.3) is 0 Å². The highest BCUT2D eigenvalue weighted by atomic mass is 16.5. The van der Waals surface area contributed by atoms with E-state index in [0.29, 0.717) is 6.42 Å². The molecule has 0 aliphatic carbocycles. The molecule has 0 radical (unpaired) electrons. The lowest BCUT2D eigenvalue weighted by atomic mass is 10.0. The van der Waals surface area contributed by atoms with E-state index in [9.17, 15) is 19.2 Å². The second-order valence-electron chi connectivity index (χ2n) is 6.26. The van der Waals surface area contributed by atoms with Crippen molar-refractivity contribution >= 4 is 23.5 Å². The molecule has 148 valence electrons. The molecule has 0 bridgehead atoms. The number of nitrogens with one attached hydrogen (secondary N) is 2. The number of hydrogen-bond acceptors (Lipinski definition) is 5. The maximum Gasteiger partial charge on any atom is 0.288 e. The molecule has 0 aromatic heterocycles. The van der Waals surface area contributed by atoms with Crippen LogP contribution in [0.4, 0.5) is 0 Å². The van der Waals surface area contributed by atoms with Crippen molar-refractivity contribution < 1.29 is 23.9 Å². The van der Waals surface area contributed by atoms with Crippen LogP contribution in [0.15, 0.2) is 30.3 Å². The van der Waals surface area contributed by atoms with E-state index in [1.807, 2.05) is 37.3 Å². The normalized spacial score (nSPS) is 12.7. The smallest absolute Gasteiger partial charge is 0.288 e. The number of Topliss-reactive ketones (excluding diaryl/α,β-unsaturated/α-hetero) is 1. The number of carbonyl (C=O) groups is 4. The minimum Gasteiger partial charge on any atom is -0.374 e. The molecule has 27 heavy (non-hydrogen) atoms. The van der Waals surface area contributed by atoms with Crippen LogP contribution in [-0.2, 0) is 30.5 Å². The summed E-state index contributed by atoms with van der Waals surface area (Å²) in [7, 11) is 0. The van der Waals surface area contributed by atoms with Crippen LogP contribution in [-0.4, -0.2) is 42.7 Å². The molecule has 0 aliphatic rings. The summed E-state index contributed by atoms with van der Waals surface area (Å²) in [6.45, 7) is 3.32. The summed E-state index contributed by atoms with van der Waals surface area (Å²) < 4.78 is 5.41. The molecular weight excluding hydrogens is 350 g/mol. The molecule has 1 rings (SSSR count). The third kappa shape index (κ3) is 8.46. The van der Waals surface area contributed by atoms with Gasteiger partial charge in [0.05, 0.1) is 19.8 Å². The maximum absolute atomic E-state index is 11.9. The molecule has 0 saturated heterocycles. The fourth-order valence-corrected chi connectivity index (χ4v) is 2.34. The first-order valence-corrected chi connectivity index (χ1v) is 8.87. The van der Waals surface area contributed by atoms with Gasteiger partial charge in [0, 0.05) is 5.92 Å². The molecule has 0 heterocycles. The number of hydrogen-bond donors (Lipinski definition) is 3. The molecule has 0 fully saturated rings. The predicted molar refractivity (Wildman–Crippen MR) is 99.3 cm³/mol. The molecule has 4 N–H and O–H groups in total. The van der Waals surface area contributed by atoms with E-state index >= 15 is 0 Å². The van der Waals surface area contributed by atoms with Gasteiger partial charge in [-0.3, -0.25) is 19.2 Å². The molecular formula is C19H27N3O5. The van der Waals surface area contributed by atoms with E-state index in [0.717, 1.165) is 12.0 Å². The number of rotatable bonds is 12. The highest BCUT2D eigenvalue weighted by Crippen LogP contribution is 2.06. The van der Waals surface area contributed by atoms with Crippen molar-refractivity contribution in [2.75, 3.05) is 13.2 Å². The van der Waals surface area contributed by atoms with Crippen LogP contribution in [0.5, 0.6) is 0 Å². The van der Waals surface area contributed by atoms with Gasteiger partial charge in [0.1, 0.15) is 6.04 Å². The predicted octanol–water partition coefficient (Wildman–Crippen LogP) is 0.295. The summed E-state index contributed by atoms with van der Waals surface area (Å²) >= 11 is 0. The van der Waals surface area contributed by atoms with Crippen molar-refractivity contribution in [3.8, 4) is 0 Å². The Kier molecular flexibility index (Phi) is 9.74. The molecule has 1 aromatic rings. The minimum atomic E-state index is -1.03. The number of ketones is 1. The zero-order valence-corrected chi connectivity index (χ0v) is 15.7. The van der Waals surface area contributed by atoms with Crippen LogP contribution >= 0.6 is 0 Å². The second-order valence-corrected chi connectivity index (χ2v) is 6.26. The molecule has 2 atom stereocenters. The summed E-state index contributed by atoms with van der Waals surface area (Å²) in [4.78, 5) is 47.0. The Balaban J connectivity index is 2.40. The maximum atomic E-state index is 11.9. The van der Waals surface area contributed by atoms with Gasteiger partial charge in [-0.05, 0) is 12.0 Å². The third-order valence-electron chi connectivity index (χ3n) is 3.88. The summed E-state index contributed by atoms with van der Waals surface area (Å²) in [5, 5.41) is 4.64. The van der Waals surface area contributed by atoms with Crippen molar-refractivity contribution in [2.24, 2.45) is 11.7 Å². The summed E-state index contributed by atoms with van der Waals surface area (Å²) in [6.07, 6.45) is 1.38. The van der Waals surface area contributed by atoms with Gasteiger partial charge >= 0.3 is 0 Å². The number of primary amides is 1. The minimum absolute atomic E-state index is 0.101. The number of nitrogens with two attached hydrogens (primary N) is 1. The van der Waals surface area contributed by atoms with Crippen molar-refractivity contribution in [1.82, 2.24) is 10.6 Å². The Morgan fingerprint density at radius 2 is 1.81 bits per heavy atom. The standard InChI is InChI=1S/C19H27N3O5/c1-3-7-13(2)17(24)19(26)21-10-16(23)22-15(18(20)25)12-27-11-14-8-5-4-6-9-14/h4-6,8-9,13,15H,3,7,10-12H2,1-2H3,(H2,20,25)(H,21,26)(H,22,23). The fraction of sp³-hybridized carbons (Fsp3) is 0.474. The number of ether oxygens (including phenoxy) is 1. The Morgan fingerprint density at radius 3 is 2.41 bits per heavy atom. The molecule has 1 aromatic carbocycles. The molecule has 8 heteroatoms. The monoisotopic (exact) mass is 377 g/mol. The van der Waals surface area contributed by atoms with Gasteiger partial charge in [-0.1, -0.05) is 50.6 Å². The third-order valence-corrected chi connectivity index (χ3v) is 3.88. The highest BCUT2D eigenvalue weighted by molar-refractivity contribution is 6.37. The SMILES string of the molecule is CCCC(C)C(=O)C(=O)NCC(=O)NC(COCc1ccccc1)C(N)=O. The first-order valence-electron chi connectivity index (χ1n) is 8.87. The lowest BCUT2D eigenvalue weighted by Crippen LogP contribution is -2.50. The lowest BCUT2D eigenvalue weighted by Gasteiger charge is -2.16. The van der Waals surface area contributed by atoms with Gasteiger partial charge in [-0.25, -0.2) is 0 Å². The molecule has 0 saturated carbocycles. The van der Waals surface area contributed by atoms with E-state index in [1.54, 1.807) is 6.92 Å². The zero-order valence-electron chi connectivity index (χ0n) is 15.7. The van der Waals surface area contributed by atoms with Crippen LogP contribution in [0.2, 0.25) is 0 Å². The quantitative estimate of drug-likeness (QED) is 0.451. The lowest BCUT2D eigenvalue weighted by molar-refractivity contribution is -0.140.